The molecule has 1 aromatic rings. The van der Waals surface area contributed by atoms with Gasteiger partial charge in [0.25, 0.3) is 0 Å². The third kappa shape index (κ3) is 3.43. The van der Waals surface area contributed by atoms with Gasteiger partial charge < -0.3 is 14.4 Å². The summed E-state index contributed by atoms with van der Waals surface area (Å²) < 4.78 is 4.82. The van der Waals surface area contributed by atoms with Crippen molar-refractivity contribution in [1.82, 2.24) is 4.90 Å². The van der Waals surface area contributed by atoms with Crippen molar-refractivity contribution in [3.05, 3.63) is 27.8 Å². The van der Waals surface area contributed by atoms with Crippen molar-refractivity contribution >= 4 is 5.78 Å². The van der Waals surface area contributed by atoms with Gasteiger partial charge in [-0.2, -0.15) is 0 Å². The highest BCUT2D eigenvalue weighted by molar-refractivity contribution is 5.98. The lowest BCUT2D eigenvalue weighted by atomic mass is 10.1. The third-order valence-electron chi connectivity index (χ3n) is 2.88. The highest BCUT2D eigenvalue weighted by atomic mass is 16.4. The van der Waals surface area contributed by atoms with Gasteiger partial charge in [0.2, 0.25) is 0 Å². The summed E-state index contributed by atoms with van der Waals surface area (Å²) in [6.07, 6.45) is 0.197. The molecule has 5 heteroatoms. The number of ketones is 1. The Kier molecular flexibility index (Phi) is 5.09. The lowest BCUT2D eigenvalue weighted by Crippen LogP contribution is -2.27. The summed E-state index contributed by atoms with van der Waals surface area (Å²) in [4.78, 5) is 25.5. The van der Waals surface area contributed by atoms with Gasteiger partial charge in [0.05, 0.1) is 0 Å². The highest BCUT2D eigenvalue weighted by Crippen LogP contribution is 2.16. The lowest BCUT2D eigenvalue weighted by Gasteiger charge is -2.16. The van der Waals surface area contributed by atoms with Gasteiger partial charge in [-0.25, -0.2) is 4.79 Å². The molecular weight excluding hydrogens is 234 g/mol. The molecule has 0 aromatic carbocycles. The van der Waals surface area contributed by atoms with Crippen LogP contribution in [0, 0.1) is 6.92 Å². The summed E-state index contributed by atoms with van der Waals surface area (Å²) in [6.45, 7) is 7.82. The third-order valence-corrected chi connectivity index (χ3v) is 2.88. The zero-order valence-corrected chi connectivity index (χ0v) is 11.0. The van der Waals surface area contributed by atoms with Crippen LogP contribution in [0.5, 0.6) is 5.75 Å². The predicted molar refractivity (Wildman–Crippen MR) is 68.1 cm³/mol. The van der Waals surface area contributed by atoms with Crippen LogP contribution in [0.15, 0.2) is 15.3 Å². The van der Waals surface area contributed by atoms with E-state index in [0.717, 1.165) is 13.1 Å². The smallest absolute Gasteiger partial charge is 0.350 e. The zero-order chi connectivity index (χ0) is 13.7. The molecule has 1 N–H and O–H groups in total. The van der Waals surface area contributed by atoms with Gasteiger partial charge in [0, 0.05) is 19.0 Å². The van der Waals surface area contributed by atoms with Crippen LogP contribution in [0.1, 0.15) is 36.4 Å². The zero-order valence-electron chi connectivity index (χ0n) is 11.0. The van der Waals surface area contributed by atoms with Gasteiger partial charge in [-0.05, 0) is 20.0 Å². The van der Waals surface area contributed by atoms with Crippen LogP contribution < -0.4 is 5.63 Å². The van der Waals surface area contributed by atoms with Crippen LogP contribution in [0.25, 0.3) is 0 Å². The molecule has 0 unspecified atom stereocenters. The molecule has 0 fully saturated rings. The Morgan fingerprint density at radius 1 is 1.39 bits per heavy atom. The standard InChI is InChI=1S/C13H19NO4/c1-4-14(5-2)7-6-10(15)12-11(16)8-9(3)18-13(12)17/h8,16H,4-7H2,1-3H3. The summed E-state index contributed by atoms with van der Waals surface area (Å²) >= 11 is 0. The predicted octanol–water partition coefficient (Wildman–Crippen LogP) is 1.57. The van der Waals surface area contributed by atoms with Gasteiger partial charge >= 0.3 is 5.63 Å². The minimum absolute atomic E-state index is 0.197. The fourth-order valence-corrected chi connectivity index (χ4v) is 1.78. The van der Waals surface area contributed by atoms with Crippen LogP contribution in [0.3, 0.4) is 0 Å². The molecule has 0 aliphatic carbocycles. The first-order chi connectivity index (χ1) is 8.49. The molecule has 1 heterocycles. The highest BCUT2D eigenvalue weighted by Gasteiger charge is 2.18. The summed E-state index contributed by atoms with van der Waals surface area (Å²) in [5.41, 5.74) is -1.01. The molecule has 0 saturated heterocycles. The normalized spacial score (nSPS) is 10.9. The number of carbonyl (C=O) groups excluding carboxylic acids is 1. The van der Waals surface area contributed by atoms with E-state index in [1.807, 2.05) is 13.8 Å². The molecule has 0 aliphatic heterocycles. The summed E-state index contributed by atoms with van der Waals surface area (Å²) in [5, 5.41) is 9.63. The fraction of sp³-hybridized carbons (Fsp3) is 0.538. The van der Waals surface area contributed by atoms with E-state index in [4.69, 9.17) is 4.42 Å². The molecule has 0 bridgehead atoms. The topological polar surface area (TPSA) is 70.8 Å². The first-order valence-corrected chi connectivity index (χ1v) is 6.08. The SMILES string of the molecule is CCN(CC)CCC(=O)c1c(O)cc(C)oc1=O. The average molecular weight is 253 g/mol. The van der Waals surface area contributed by atoms with Crippen molar-refractivity contribution in [2.45, 2.75) is 27.2 Å². The van der Waals surface area contributed by atoms with Crippen LogP contribution >= 0.6 is 0 Å². The first-order valence-electron chi connectivity index (χ1n) is 6.08. The second-order valence-corrected chi connectivity index (χ2v) is 4.10. The Hall–Kier alpha value is -1.62. The van der Waals surface area contributed by atoms with Gasteiger partial charge in [-0.1, -0.05) is 13.8 Å². The largest absolute Gasteiger partial charge is 0.507 e. The second-order valence-electron chi connectivity index (χ2n) is 4.10. The molecule has 0 saturated carbocycles. The minimum atomic E-state index is -0.767. The van der Waals surface area contributed by atoms with Crippen molar-refractivity contribution in [1.29, 1.82) is 0 Å². The number of carbonyl (C=O) groups is 1. The number of hydrogen-bond donors (Lipinski definition) is 1. The van der Waals surface area contributed by atoms with Gasteiger partial charge in [0.15, 0.2) is 5.78 Å². The monoisotopic (exact) mass is 253 g/mol. The van der Waals surface area contributed by atoms with E-state index in [2.05, 4.69) is 4.90 Å². The molecule has 0 amide bonds. The summed E-state index contributed by atoms with van der Waals surface area (Å²) in [6, 6.07) is 1.28. The molecule has 5 nitrogen and oxygen atoms in total. The Bertz CT molecular complexity index is 474. The maximum atomic E-state index is 11.9. The maximum absolute atomic E-state index is 11.9. The average Bonchev–Trinajstić information content (AvgIpc) is 2.28. The summed E-state index contributed by atoms with van der Waals surface area (Å²) in [5.74, 6) is -0.390. The number of aryl methyl sites for hydroxylation is 1. The molecule has 1 rings (SSSR count). The lowest BCUT2D eigenvalue weighted by molar-refractivity contribution is 0.0959. The Balaban J connectivity index is 2.82. The van der Waals surface area contributed by atoms with Crippen molar-refractivity contribution in [3.8, 4) is 5.75 Å². The first kappa shape index (κ1) is 14.4. The number of Topliss-reactive ketones (excluding diaryl/α,β-unsaturated/α-hetero) is 1. The number of aromatic hydroxyl groups is 1. The van der Waals surface area contributed by atoms with E-state index in [9.17, 15) is 14.7 Å². The molecule has 0 radical (unpaired) electrons. The molecule has 0 spiro atoms. The molecule has 18 heavy (non-hydrogen) atoms. The van der Waals surface area contributed by atoms with E-state index in [0.29, 0.717) is 6.54 Å². The van der Waals surface area contributed by atoms with Gasteiger partial charge in [-0.3, -0.25) is 4.79 Å². The fourth-order valence-electron chi connectivity index (χ4n) is 1.78. The van der Waals surface area contributed by atoms with Crippen LogP contribution in [0.4, 0.5) is 0 Å². The molecule has 0 atom stereocenters. The maximum Gasteiger partial charge on any atom is 0.350 e. The molecule has 1 aromatic heterocycles. The number of nitrogens with zero attached hydrogens (tertiary/aromatic N) is 1. The Labute approximate surface area is 106 Å². The van der Waals surface area contributed by atoms with Crippen molar-refractivity contribution in [2.24, 2.45) is 0 Å². The van der Waals surface area contributed by atoms with E-state index >= 15 is 0 Å². The van der Waals surface area contributed by atoms with Crippen molar-refractivity contribution in [3.63, 3.8) is 0 Å². The Morgan fingerprint density at radius 2 is 2.00 bits per heavy atom. The number of rotatable bonds is 6. The van der Waals surface area contributed by atoms with Gasteiger partial charge in [0.1, 0.15) is 17.1 Å². The van der Waals surface area contributed by atoms with Crippen LogP contribution in [-0.4, -0.2) is 35.4 Å². The van der Waals surface area contributed by atoms with Crippen molar-refractivity contribution in [2.75, 3.05) is 19.6 Å². The summed E-state index contributed by atoms with van der Waals surface area (Å²) in [7, 11) is 0. The van der Waals surface area contributed by atoms with Gasteiger partial charge in [-0.15, -0.1) is 0 Å². The molecule has 100 valence electrons. The van der Waals surface area contributed by atoms with E-state index in [1.54, 1.807) is 6.92 Å². The van der Waals surface area contributed by atoms with E-state index < -0.39 is 5.63 Å². The minimum Gasteiger partial charge on any atom is -0.507 e. The van der Waals surface area contributed by atoms with Crippen molar-refractivity contribution < 1.29 is 14.3 Å². The van der Waals surface area contributed by atoms with E-state index in [1.165, 1.54) is 6.07 Å². The number of hydrogen-bond acceptors (Lipinski definition) is 5. The quantitative estimate of drug-likeness (QED) is 0.779. The van der Waals surface area contributed by atoms with Crippen LogP contribution in [-0.2, 0) is 0 Å². The molecule has 0 aliphatic rings. The second kappa shape index (κ2) is 6.35. The Morgan fingerprint density at radius 3 is 2.50 bits per heavy atom. The van der Waals surface area contributed by atoms with E-state index in [-0.39, 0.29) is 29.3 Å². The molecular formula is C13H19NO4. The van der Waals surface area contributed by atoms with Crippen LogP contribution in [0.2, 0.25) is 0 Å².